The molecule has 0 N–H and O–H groups in total. The van der Waals surface area contributed by atoms with Crippen molar-refractivity contribution >= 4 is 16.9 Å². The minimum absolute atomic E-state index is 0.0648. The predicted octanol–water partition coefficient (Wildman–Crippen LogP) is 4.19. The molecule has 1 saturated heterocycles. The van der Waals surface area contributed by atoms with Gasteiger partial charge in [0.1, 0.15) is 6.10 Å². The highest BCUT2D eigenvalue weighted by atomic mass is 16.5. The first-order chi connectivity index (χ1) is 13.7. The van der Waals surface area contributed by atoms with E-state index >= 15 is 0 Å². The van der Waals surface area contributed by atoms with Crippen LogP contribution in [0.4, 0.5) is 0 Å². The third-order valence-electron chi connectivity index (χ3n) is 5.38. The van der Waals surface area contributed by atoms with Gasteiger partial charge in [-0.25, -0.2) is 9.97 Å². The summed E-state index contributed by atoms with van der Waals surface area (Å²) in [7, 11) is 0. The molecule has 1 amide bonds. The summed E-state index contributed by atoms with van der Waals surface area (Å²) in [5.41, 5.74) is 2.79. The van der Waals surface area contributed by atoms with Crippen LogP contribution in [0, 0.1) is 0 Å². The first-order valence-electron chi connectivity index (χ1n) is 9.96. The molecule has 0 radical (unpaired) electrons. The quantitative estimate of drug-likeness (QED) is 0.671. The van der Waals surface area contributed by atoms with E-state index in [1.165, 1.54) is 0 Å². The lowest BCUT2D eigenvalue weighted by Crippen LogP contribution is -2.43. The number of hydrogen-bond acceptors (Lipinski definition) is 4. The monoisotopic (exact) mass is 375 g/mol. The van der Waals surface area contributed by atoms with Gasteiger partial charge in [0.2, 0.25) is 11.8 Å². The van der Waals surface area contributed by atoms with E-state index in [4.69, 9.17) is 4.74 Å². The van der Waals surface area contributed by atoms with E-state index in [0.29, 0.717) is 19.0 Å². The Balaban J connectivity index is 1.36. The number of carbonyl (C=O) groups is 1. The lowest BCUT2D eigenvalue weighted by Gasteiger charge is -2.34. The van der Waals surface area contributed by atoms with Crippen LogP contribution < -0.4 is 4.74 Å². The molecule has 5 nitrogen and oxygen atoms in total. The number of piperidine rings is 1. The van der Waals surface area contributed by atoms with Crippen LogP contribution in [0.3, 0.4) is 0 Å². The van der Waals surface area contributed by atoms with Gasteiger partial charge >= 0.3 is 0 Å². The Morgan fingerprint density at radius 2 is 1.75 bits per heavy atom. The van der Waals surface area contributed by atoms with Crippen LogP contribution in [-0.4, -0.2) is 40.0 Å². The van der Waals surface area contributed by atoms with Crippen LogP contribution in [0.25, 0.3) is 11.0 Å². The molecule has 1 aromatic heterocycles. The van der Waals surface area contributed by atoms with Crippen LogP contribution in [0.5, 0.6) is 5.88 Å². The smallest absolute Gasteiger partial charge is 0.233 e. The van der Waals surface area contributed by atoms with Gasteiger partial charge in [0.25, 0.3) is 0 Å². The van der Waals surface area contributed by atoms with Gasteiger partial charge in [-0.3, -0.25) is 4.79 Å². The largest absolute Gasteiger partial charge is 0.473 e. The molecule has 0 saturated carbocycles. The fourth-order valence-electron chi connectivity index (χ4n) is 3.82. The Hall–Kier alpha value is -2.95. The second-order valence-electron chi connectivity index (χ2n) is 7.21. The number of aromatic nitrogens is 2. The predicted molar refractivity (Wildman–Crippen MR) is 109 cm³/mol. The van der Waals surface area contributed by atoms with E-state index in [1.807, 2.05) is 59.5 Å². The Labute approximate surface area is 165 Å². The molecule has 5 heteroatoms. The Morgan fingerprint density at radius 1 is 1.07 bits per heavy atom. The summed E-state index contributed by atoms with van der Waals surface area (Å²) in [5.74, 6) is 0.710. The molecular formula is C23H25N3O2. The second-order valence-corrected chi connectivity index (χ2v) is 7.21. The molecule has 2 aromatic carbocycles. The zero-order valence-electron chi connectivity index (χ0n) is 16.1. The molecule has 144 valence electrons. The molecule has 1 unspecified atom stereocenters. The normalized spacial score (nSPS) is 16.1. The zero-order chi connectivity index (χ0) is 19.3. The number of fused-ring (bicyclic) bond motifs is 1. The number of para-hydroxylation sites is 2. The summed E-state index contributed by atoms with van der Waals surface area (Å²) in [5, 5.41) is 0. The van der Waals surface area contributed by atoms with Crippen molar-refractivity contribution in [3.8, 4) is 5.88 Å². The number of ether oxygens (including phenoxy) is 1. The molecule has 1 fully saturated rings. The van der Waals surface area contributed by atoms with Crippen molar-refractivity contribution in [2.45, 2.75) is 38.2 Å². The van der Waals surface area contributed by atoms with E-state index in [9.17, 15) is 4.79 Å². The topological polar surface area (TPSA) is 55.3 Å². The van der Waals surface area contributed by atoms with Crippen LogP contribution in [0.1, 0.15) is 37.7 Å². The number of nitrogens with zero attached hydrogens (tertiary/aromatic N) is 3. The molecule has 4 rings (SSSR count). The third-order valence-corrected chi connectivity index (χ3v) is 5.38. The Kier molecular flexibility index (Phi) is 5.51. The molecule has 0 bridgehead atoms. The summed E-state index contributed by atoms with van der Waals surface area (Å²) in [6.07, 6.45) is 4.18. The number of likely N-dealkylation sites (tertiary alicyclic amines) is 1. The van der Waals surface area contributed by atoms with Crippen molar-refractivity contribution in [1.29, 1.82) is 0 Å². The van der Waals surface area contributed by atoms with Crippen LogP contribution in [0.15, 0.2) is 60.8 Å². The first-order valence-corrected chi connectivity index (χ1v) is 9.96. The standard InChI is InChI=1S/C23H25N3O2/c1-2-19(17-8-4-3-5-9-17)23(27)26-14-12-18(13-15-26)28-22-16-24-20-10-6-7-11-21(20)25-22/h3-11,16,18-19H,2,12-15H2,1H3. The molecule has 0 spiro atoms. The van der Waals surface area contributed by atoms with Gasteiger partial charge in [-0.15, -0.1) is 0 Å². The molecule has 2 heterocycles. The Bertz CT molecular complexity index is 937. The average Bonchev–Trinajstić information content (AvgIpc) is 2.75. The highest BCUT2D eigenvalue weighted by Gasteiger charge is 2.29. The second kappa shape index (κ2) is 8.38. The number of hydrogen-bond donors (Lipinski definition) is 0. The van der Waals surface area contributed by atoms with Gasteiger partial charge in [0.15, 0.2) is 0 Å². The van der Waals surface area contributed by atoms with Crippen molar-refractivity contribution < 1.29 is 9.53 Å². The number of rotatable bonds is 5. The maximum Gasteiger partial charge on any atom is 0.233 e. The van der Waals surface area contributed by atoms with E-state index in [-0.39, 0.29) is 17.9 Å². The van der Waals surface area contributed by atoms with E-state index in [2.05, 4.69) is 16.9 Å². The lowest BCUT2D eigenvalue weighted by atomic mass is 9.94. The van der Waals surface area contributed by atoms with Crippen molar-refractivity contribution in [2.24, 2.45) is 0 Å². The zero-order valence-corrected chi connectivity index (χ0v) is 16.1. The Morgan fingerprint density at radius 3 is 2.46 bits per heavy atom. The van der Waals surface area contributed by atoms with Gasteiger partial charge in [0, 0.05) is 25.9 Å². The summed E-state index contributed by atoms with van der Waals surface area (Å²) >= 11 is 0. The molecule has 0 aliphatic carbocycles. The molecule has 28 heavy (non-hydrogen) atoms. The summed E-state index contributed by atoms with van der Waals surface area (Å²) in [4.78, 5) is 23.9. The van der Waals surface area contributed by atoms with E-state index in [1.54, 1.807) is 6.20 Å². The van der Waals surface area contributed by atoms with Gasteiger partial charge in [-0.1, -0.05) is 49.4 Å². The van der Waals surface area contributed by atoms with Gasteiger partial charge in [-0.05, 0) is 24.1 Å². The summed E-state index contributed by atoms with van der Waals surface area (Å²) in [6, 6.07) is 17.8. The summed E-state index contributed by atoms with van der Waals surface area (Å²) < 4.78 is 6.05. The molecular weight excluding hydrogens is 350 g/mol. The highest BCUT2D eigenvalue weighted by molar-refractivity contribution is 5.83. The summed E-state index contributed by atoms with van der Waals surface area (Å²) in [6.45, 7) is 3.51. The van der Waals surface area contributed by atoms with Crippen molar-refractivity contribution in [3.05, 3.63) is 66.4 Å². The van der Waals surface area contributed by atoms with Crippen molar-refractivity contribution in [3.63, 3.8) is 0 Å². The van der Waals surface area contributed by atoms with Crippen LogP contribution >= 0.6 is 0 Å². The van der Waals surface area contributed by atoms with Gasteiger partial charge in [-0.2, -0.15) is 0 Å². The number of benzene rings is 2. The minimum atomic E-state index is -0.0648. The maximum atomic E-state index is 13.0. The third kappa shape index (κ3) is 3.98. The first kappa shape index (κ1) is 18.4. The fraction of sp³-hybridized carbons (Fsp3) is 0.348. The average molecular weight is 375 g/mol. The maximum absolute atomic E-state index is 13.0. The lowest BCUT2D eigenvalue weighted by molar-refractivity contribution is -0.134. The fourth-order valence-corrected chi connectivity index (χ4v) is 3.82. The van der Waals surface area contributed by atoms with Gasteiger partial charge in [0.05, 0.1) is 23.1 Å². The van der Waals surface area contributed by atoms with Crippen molar-refractivity contribution in [1.82, 2.24) is 14.9 Å². The number of carbonyl (C=O) groups excluding carboxylic acids is 1. The van der Waals surface area contributed by atoms with Crippen LogP contribution in [-0.2, 0) is 4.79 Å². The number of amides is 1. The van der Waals surface area contributed by atoms with Gasteiger partial charge < -0.3 is 9.64 Å². The molecule has 3 aromatic rings. The highest BCUT2D eigenvalue weighted by Crippen LogP contribution is 2.25. The van der Waals surface area contributed by atoms with E-state index in [0.717, 1.165) is 35.9 Å². The van der Waals surface area contributed by atoms with E-state index < -0.39 is 0 Å². The molecule has 1 aliphatic rings. The SMILES string of the molecule is CCC(C(=O)N1CCC(Oc2cnc3ccccc3n2)CC1)c1ccccc1. The molecule has 1 atom stereocenters. The van der Waals surface area contributed by atoms with Crippen LogP contribution in [0.2, 0.25) is 0 Å². The van der Waals surface area contributed by atoms with Crippen molar-refractivity contribution in [2.75, 3.05) is 13.1 Å². The minimum Gasteiger partial charge on any atom is -0.473 e. The molecule has 1 aliphatic heterocycles.